The topological polar surface area (TPSA) is 71.4 Å². The van der Waals surface area contributed by atoms with Crippen molar-refractivity contribution >= 4 is 23.3 Å². The molecule has 1 atom stereocenters. The highest BCUT2D eigenvalue weighted by atomic mass is 32.2. The maximum atomic E-state index is 10.8. The van der Waals surface area contributed by atoms with Gasteiger partial charge in [0, 0.05) is 41.9 Å². The number of pyridine rings is 1. The predicted octanol–water partition coefficient (Wildman–Crippen LogP) is 3.72. The van der Waals surface area contributed by atoms with Gasteiger partial charge in [0.25, 0.3) is 0 Å². The van der Waals surface area contributed by atoms with Gasteiger partial charge in [-0.3, -0.25) is 9.88 Å². The van der Waals surface area contributed by atoms with Crippen molar-refractivity contribution < 1.29 is 9.84 Å². The Morgan fingerprint density at radius 1 is 1.11 bits per heavy atom. The van der Waals surface area contributed by atoms with E-state index in [-0.39, 0.29) is 0 Å². The summed E-state index contributed by atoms with van der Waals surface area (Å²) in [5.74, 6) is 0.762. The van der Waals surface area contributed by atoms with E-state index in [1.165, 1.54) is 0 Å². The molecule has 0 saturated carbocycles. The van der Waals surface area contributed by atoms with Gasteiger partial charge in [-0.1, -0.05) is 30.8 Å². The number of fused-ring (bicyclic) bond motifs is 2. The number of rotatable bonds is 5. The Kier molecular flexibility index (Phi) is 5.07. The van der Waals surface area contributed by atoms with Crippen molar-refractivity contribution in [1.29, 1.82) is 0 Å². The van der Waals surface area contributed by atoms with Gasteiger partial charge in [0.05, 0.1) is 5.69 Å². The third-order valence-electron chi connectivity index (χ3n) is 4.48. The molecule has 0 spiro atoms. The van der Waals surface area contributed by atoms with Gasteiger partial charge in [-0.25, -0.2) is 9.97 Å². The molecule has 7 heteroatoms. The first-order chi connectivity index (χ1) is 13.2. The number of benzene rings is 1. The minimum absolute atomic E-state index is 0.353. The molecule has 0 radical (unpaired) electrons. The second-order valence-electron chi connectivity index (χ2n) is 6.20. The maximum absolute atomic E-state index is 10.8. The van der Waals surface area contributed by atoms with Gasteiger partial charge in [0.2, 0.25) is 0 Å². The number of nitrogens with zero attached hydrogens (tertiary/aromatic N) is 4. The van der Waals surface area contributed by atoms with Crippen LogP contribution in [0.3, 0.4) is 0 Å². The van der Waals surface area contributed by atoms with Gasteiger partial charge in [0.1, 0.15) is 17.9 Å². The van der Waals surface area contributed by atoms with Crippen LogP contribution >= 0.6 is 11.8 Å². The Hall–Kier alpha value is -2.48. The molecule has 2 aromatic heterocycles. The molecule has 3 heterocycles. The number of methoxy groups -OCH3 is 1. The molecule has 3 aromatic rings. The highest BCUT2D eigenvalue weighted by Gasteiger charge is 2.26. The van der Waals surface area contributed by atoms with Crippen molar-refractivity contribution in [3.05, 3.63) is 65.7 Å². The van der Waals surface area contributed by atoms with Gasteiger partial charge in [0.15, 0.2) is 5.82 Å². The highest BCUT2D eigenvalue weighted by Crippen LogP contribution is 2.46. The van der Waals surface area contributed by atoms with E-state index in [0.29, 0.717) is 6.73 Å². The Bertz CT molecular complexity index is 949. The normalized spacial score (nSPS) is 13.8. The average Bonchev–Trinajstić information content (AvgIpc) is 2.73. The van der Waals surface area contributed by atoms with Crippen LogP contribution in [0.15, 0.2) is 58.8 Å². The molecular weight excluding hydrogens is 360 g/mol. The molecule has 0 saturated heterocycles. The predicted molar refractivity (Wildman–Crippen MR) is 104 cm³/mol. The summed E-state index contributed by atoms with van der Waals surface area (Å²) in [7, 11) is 1.65. The Labute approximate surface area is 162 Å². The molecular formula is C20H20N4O2S. The van der Waals surface area contributed by atoms with Crippen LogP contribution in [0, 0.1) is 0 Å². The zero-order valence-electron chi connectivity index (χ0n) is 15.2. The van der Waals surface area contributed by atoms with Gasteiger partial charge < -0.3 is 9.84 Å². The summed E-state index contributed by atoms with van der Waals surface area (Å²) in [4.78, 5) is 16.3. The van der Waals surface area contributed by atoms with Crippen molar-refractivity contribution in [3.63, 3.8) is 0 Å². The smallest absolute Gasteiger partial charge is 0.168 e. The maximum Gasteiger partial charge on any atom is 0.168 e. The Morgan fingerprint density at radius 3 is 2.67 bits per heavy atom. The fourth-order valence-corrected chi connectivity index (χ4v) is 4.04. The molecule has 138 valence electrons. The second-order valence-corrected chi connectivity index (χ2v) is 7.23. The lowest BCUT2D eigenvalue weighted by atomic mass is 10.0. The van der Waals surface area contributed by atoms with Crippen molar-refractivity contribution in [2.24, 2.45) is 0 Å². The molecule has 0 bridgehead atoms. The fourth-order valence-electron chi connectivity index (χ4n) is 3.05. The van der Waals surface area contributed by atoms with E-state index < -0.39 is 6.10 Å². The molecule has 0 fully saturated rings. The van der Waals surface area contributed by atoms with Gasteiger partial charge >= 0.3 is 0 Å². The van der Waals surface area contributed by atoms with Crippen LogP contribution in [0.5, 0.6) is 0 Å². The van der Waals surface area contributed by atoms with Crippen LogP contribution in [0.25, 0.3) is 0 Å². The van der Waals surface area contributed by atoms with E-state index in [1.54, 1.807) is 37.5 Å². The molecule has 0 aliphatic carbocycles. The number of aliphatic hydroxyl groups is 1. The summed E-state index contributed by atoms with van der Waals surface area (Å²) in [5.41, 5.74) is 3.53. The van der Waals surface area contributed by atoms with E-state index in [1.807, 2.05) is 35.2 Å². The van der Waals surface area contributed by atoms with Gasteiger partial charge in [-0.2, -0.15) is 0 Å². The number of aryl methyl sites for hydroxylation is 1. The van der Waals surface area contributed by atoms with Crippen LogP contribution in [-0.4, -0.2) is 33.9 Å². The minimum Gasteiger partial charge on any atom is -0.384 e. The third kappa shape index (κ3) is 3.41. The molecule has 0 amide bonds. The number of aliphatic hydroxyl groups excluding tert-OH is 1. The van der Waals surface area contributed by atoms with E-state index in [4.69, 9.17) is 4.74 Å². The quantitative estimate of drug-likeness (QED) is 0.723. The standard InChI is InChI=1S/C20H20N4O2S/c1-3-15-6-4-14(11-23-15)18(25)13-5-7-17-16(10-13)24(12-26-2)19-20(27-17)22-9-8-21-19/h4-11,18,25H,3,12H2,1-2H3. The molecule has 1 unspecified atom stereocenters. The summed E-state index contributed by atoms with van der Waals surface area (Å²) in [6.07, 6.45) is 5.23. The lowest BCUT2D eigenvalue weighted by Gasteiger charge is -2.30. The second kappa shape index (κ2) is 7.64. The van der Waals surface area contributed by atoms with Crippen molar-refractivity contribution in [2.45, 2.75) is 29.4 Å². The number of hydrogen-bond acceptors (Lipinski definition) is 7. The van der Waals surface area contributed by atoms with E-state index in [2.05, 4.69) is 21.9 Å². The summed E-state index contributed by atoms with van der Waals surface area (Å²) in [6, 6.07) is 9.81. The number of anilines is 2. The van der Waals surface area contributed by atoms with E-state index >= 15 is 0 Å². The van der Waals surface area contributed by atoms with Gasteiger partial charge in [-0.15, -0.1) is 0 Å². The summed E-state index contributed by atoms with van der Waals surface area (Å²) in [5, 5.41) is 11.7. The largest absolute Gasteiger partial charge is 0.384 e. The lowest BCUT2D eigenvalue weighted by Crippen LogP contribution is -2.24. The Balaban J connectivity index is 1.71. The van der Waals surface area contributed by atoms with Gasteiger partial charge in [-0.05, 0) is 30.2 Å². The van der Waals surface area contributed by atoms with Crippen molar-refractivity contribution in [3.8, 4) is 0 Å². The zero-order valence-corrected chi connectivity index (χ0v) is 16.0. The minimum atomic E-state index is -0.744. The first kappa shape index (κ1) is 17.9. The SMILES string of the molecule is CCc1ccc(C(O)c2ccc3c(c2)N(COC)c2nccnc2S3)cn1. The van der Waals surface area contributed by atoms with Crippen molar-refractivity contribution in [2.75, 3.05) is 18.7 Å². The molecule has 1 N–H and O–H groups in total. The first-order valence-electron chi connectivity index (χ1n) is 8.73. The van der Waals surface area contributed by atoms with Crippen LogP contribution in [-0.2, 0) is 11.2 Å². The van der Waals surface area contributed by atoms with E-state index in [9.17, 15) is 5.11 Å². The molecule has 27 heavy (non-hydrogen) atoms. The average molecular weight is 380 g/mol. The molecule has 1 aliphatic heterocycles. The number of aromatic nitrogens is 3. The molecule has 1 aromatic carbocycles. The third-order valence-corrected chi connectivity index (χ3v) is 5.53. The Morgan fingerprint density at radius 2 is 1.93 bits per heavy atom. The number of ether oxygens (including phenoxy) is 1. The molecule has 4 rings (SSSR count). The summed E-state index contributed by atoms with van der Waals surface area (Å²) < 4.78 is 5.38. The number of hydrogen-bond donors (Lipinski definition) is 1. The van der Waals surface area contributed by atoms with Crippen LogP contribution in [0.1, 0.15) is 29.8 Å². The summed E-state index contributed by atoms with van der Waals surface area (Å²) >= 11 is 1.57. The van der Waals surface area contributed by atoms with Crippen LogP contribution in [0.2, 0.25) is 0 Å². The fraction of sp³-hybridized carbons (Fsp3) is 0.250. The monoisotopic (exact) mass is 380 g/mol. The zero-order chi connectivity index (χ0) is 18.8. The summed E-state index contributed by atoms with van der Waals surface area (Å²) in [6.45, 7) is 2.41. The highest BCUT2D eigenvalue weighted by molar-refractivity contribution is 7.99. The van der Waals surface area contributed by atoms with Crippen LogP contribution < -0.4 is 4.90 Å². The lowest BCUT2D eigenvalue weighted by molar-refractivity contribution is 0.204. The first-order valence-corrected chi connectivity index (χ1v) is 9.55. The van der Waals surface area contributed by atoms with Crippen LogP contribution in [0.4, 0.5) is 11.5 Å². The van der Waals surface area contributed by atoms with Crippen molar-refractivity contribution in [1.82, 2.24) is 15.0 Å². The molecule has 6 nitrogen and oxygen atoms in total. The molecule has 1 aliphatic rings. The van der Waals surface area contributed by atoms with E-state index in [0.717, 1.165) is 44.7 Å².